The van der Waals surface area contributed by atoms with Crippen molar-refractivity contribution in [1.82, 2.24) is 9.88 Å². The van der Waals surface area contributed by atoms with E-state index in [1.165, 1.54) is 43.5 Å². The highest BCUT2D eigenvalue weighted by molar-refractivity contribution is 6.05. The Morgan fingerprint density at radius 1 is 1.14 bits per heavy atom. The molecule has 1 fully saturated rings. The first-order valence-electron chi connectivity index (χ1n) is 10.0. The van der Waals surface area contributed by atoms with E-state index in [-0.39, 0.29) is 11.7 Å². The van der Waals surface area contributed by atoms with Gasteiger partial charge in [-0.15, -0.1) is 0 Å². The SMILES string of the molecule is CCCN1CCC(c2ccc3[nH]c(C(=O)Nc4ccc(F)cc4)cc3c2)CC1. The molecular weight excluding hydrogens is 353 g/mol. The van der Waals surface area contributed by atoms with E-state index in [0.717, 1.165) is 24.0 Å². The predicted molar refractivity (Wildman–Crippen MR) is 111 cm³/mol. The molecule has 0 spiro atoms. The summed E-state index contributed by atoms with van der Waals surface area (Å²) in [6.45, 7) is 5.75. The van der Waals surface area contributed by atoms with Crippen molar-refractivity contribution >= 4 is 22.5 Å². The zero-order valence-electron chi connectivity index (χ0n) is 16.2. The van der Waals surface area contributed by atoms with Crippen LogP contribution >= 0.6 is 0 Å². The molecule has 1 saturated heterocycles. The Bertz CT molecular complexity index is 956. The van der Waals surface area contributed by atoms with Crippen LogP contribution in [0.3, 0.4) is 0 Å². The van der Waals surface area contributed by atoms with Gasteiger partial charge in [-0.05, 0) is 92.8 Å². The van der Waals surface area contributed by atoms with Crippen LogP contribution in [0.4, 0.5) is 10.1 Å². The molecule has 1 aromatic heterocycles. The number of nitrogens with one attached hydrogen (secondary N) is 2. The highest BCUT2D eigenvalue weighted by Gasteiger charge is 2.20. The lowest BCUT2D eigenvalue weighted by atomic mass is 9.89. The van der Waals surface area contributed by atoms with Crippen molar-refractivity contribution < 1.29 is 9.18 Å². The van der Waals surface area contributed by atoms with Gasteiger partial charge in [-0.2, -0.15) is 0 Å². The zero-order valence-corrected chi connectivity index (χ0v) is 16.2. The lowest BCUT2D eigenvalue weighted by molar-refractivity contribution is 0.102. The number of likely N-dealkylation sites (tertiary alicyclic amines) is 1. The lowest BCUT2D eigenvalue weighted by Crippen LogP contribution is -2.33. The van der Waals surface area contributed by atoms with Gasteiger partial charge in [0.25, 0.3) is 5.91 Å². The van der Waals surface area contributed by atoms with E-state index in [4.69, 9.17) is 0 Å². The standard InChI is InChI=1S/C23H26FN3O/c1-2-11-27-12-9-16(10-13-27)17-3-8-21-18(14-17)15-22(26-21)23(28)25-20-6-4-19(24)5-7-20/h3-8,14-16,26H,2,9-13H2,1H3,(H,25,28). The van der Waals surface area contributed by atoms with Crippen molar-refractivity contribution in [2.75, 3.05) is 25.0 Å². The van der Waals surface area contributed by atoms with E-state index in [2.05, 4.69) is 40.3 Å². The first kappa shape index (κ1) is 18.7. The molecule has 0 aliphatic carbocycles. The Balaban J connectivity index is 1.47. The van der Waals surface area contributed by atoms with Gasteiger partial charge in [-0.1, -0.05) is 13.0 Å². The van der Waals surface area contributed by atoms with Crippen LogP contribution in [-0.4, -0.2) is 35.4 Å². The molecule has 4 rings (SSSR count). The predicted octanol–water partition coefficient (Wildman–Crippen LogP) is 5.15. The number of aromatic amines is 1. The summed E-state index contributed by atoms with van der Waals surface area (Å²) in [5.74, 6) is 0.0396. The maximum Gasteiger partial charge on any atom is 0.272 e. The molecule has 0 bridgehead atoms. The molecule has 1 amide bonds. The van der Waals surface area contributed by atoms with Crippen molar-refractivity contribution in [3.05, 3.63) is 65.6 Å². The van der Waals surface area contributed by atoms with Gasteiger partial charge in [-0.25, -0.2) is 4.39 Å². The number of H-pyrrole nitrogens is 1. The van der Waals surface area contributed by atoms with Crippen LogP contribution in [0.15, 0.2) is 48.5 Å². The molecule has 0 radical (unpaired) electrons. The second-order valence-corrected chi connectivity index (χ2v) is 7.61. The number of hydrogen-bond donors (Lipinski definition) is 2. The summed E-state index contributed by atoms with van der Waals surface area (Å²) in [6.07, 6.45) is 3.59. The van der Waals surface area contributed by atoms with Gasteiger partial charge in [0, 0.05) is 16.6 Å². The van der Waals surface area contributed by atoms with Crippen LogP contribution in [0.25, 0.3) is 10.9 Å². The molecule has 28 heavy (non-hydrogen) atoms. The Morgan fingerprint density at radius 3 is 2.61 bits per heavy atom. The quantitative estimate of drug-likeness (QED) is 0.644. The summed E-state index contributed by atoms with van der Waals surface area (Å²) in [6, 6.07) is 14.1. The van der Waals surface area contributed by atoms with Crippen LogP contribution < -0.4 is 5.32 Å². The van der Waals surface area contributed by atoms with Gasteiger partial charge >= 0.3 is 0 Å². The van der Waals surface area contributed by atoms with E-state index in [1.54, 1.807) is 12.1 Å². The van der Waals surface area contributed by atoms with Crippen molar-refractivity contribution in [3.63, 3.8) is 0 Å². The Kier molecular flexibility index (Phi) is 5.44. The van der Waals surface area contributed by atoms with Gasteiger partial charge in [0.1, 0.15) is 11.5 Å². The van der Waals surface area contributed by atoms with E-state index in [9.17, 15) is 9.18 Å². The number of halogens is 1. The number of aromatic nitrogens is 1. The Morgan fingerprint density at radius 2 is 1.89 bits per heavy atom. The molecule has 4 nitrogen and oxygen atoms in total. The monoisotopic (exact) mass is 379 g/mol. The second kappa shape index (κ2) is 8.15. The fraction of sp³-hybridized carbons (Fsp3) is 0.348. The number of rotatable bonds is 5. The molecule has 2 heterocycles. The number of carbonyl (C=O) groups excluding carboxylic acids is 1. The average Bonchev–Trinajstić information content (AvgIpc) is 3.14. The minimum atomic E-state index is -0.323. The third-order valence-electron chi connectivity index (χ3n) is 5.59. The number of anilines is 1. The summed E-state index contributed by atoms with van der Waals surface area (Å²) in [5, 5.41) is 3.85. The summed E-state index contributed by atoms with van der Waals surface area (Å²) < 4.78 is 13.0. The fourth-order valence-corrected chi connectivity index (χ4v) is 4.07. The molecule has 1 aliphatic heterocycles. The van der Waals surface area contributed by atoms with Crippen molar-refractivity contribution in [2.24, 2.45) is 0 Å². The second-order valence-electron chi connectivity index (χ2n) is 7.61. The molecular formula is C23H26FN3O. The smallest absolute Gasteiger partial charge is 0.272 e. The van der Waals surface area contributed by atoms with E-state index < -0.39 is 0 Å². The van der Waals surface area contributed by atoms with E-state index in [0.29, 0.717) is 17.3 Å². The first-order chi connectivity index (χ1) is 13.6. The van der Waals surface area contributed by atoms with Crippen molar-refractivity contribution in [3.8, 4) is 0 Å². The maximum absolute atomic E-state index is 13.0. The molecule has 0 atom stereocenters. The molecule has 2 aromatic carbocycles. The summed E-state index contributed by atoms with van der Waals surface area (Å²) in [7, 11) is 0. The minimum absolute atomic E-state index is 0.225. The molecule has 3 aromatic rings. The van der Waals surface area contributed by atoms with Crippen molar-refractivity contribution in [2.45, 2.75) is 32.1 Å². The summed E-state index contributed by atoms with van der Waals surface area (Å²) in [4.78, 5) is 18.2. The first-order valence-corrected chi connectivity index (χ1v) is 10.0. The summed E-state index contributed by atoms with van der Waals surface area (Å²) in [5.41, 5.74) is 3.39. The molecule has 2 N–H and O–H groups in total. The maximum atomic E-state index is 13.0. The van der Waals surface area contributed by atoms with Crippen LogP contribution in [0.5, 0.6) is 0 Å². The third kappa shape index (κ3) is 4.09. The topological polar surface area (TPSA) is 48.1 Å². The molecule has 1 aliphatic rings. The molecule has 5 heteroatoms. The van der Waals surface area contributed by atoms with Gasteiger partial charge in [0.05, 0.1) is 0 Å². The van der Waals surface area contributed by atoms with Gasteiger partial charge < -0.3 is 15.2 Å². The number of carbonyl (C=O) groups is 1. The van der Waals surface area contributed by atoms with Gasteiger partial charge in [0.2, 0.25) is 0 Å². The zero-order chi connectivity index (χ0) is 19.5. The highest BCUT2D eigenvalue weighted by atomic mass is 19.1. The minimum Gasteiger partial charge on any atom is -0.351 e. The largest absolute Gasteiger partial charge is 0.351 e. The Labute approximate surface area is 164 Å². The number of benzene rings is 2. The van der Waals surface area contributed by atoms with Crippen LogP contribution in [-0.2, 0) is 0 Å². The lowest BCUT2D eigenvalue weighted by Gasteiger charge is -2.31. The van der Waals surface area contributed by atoms with Crippen LogP contribution in [0.2, 0.25) is 0 Å². The van der Waals surface area contributed by atoms with Crippen molar-refractivity contribution in [1.29, 1.82) is 0 Å². The molecule has 0 unspecified atom stereocenters. The normalized spacial score (nSPS) is 15.8. The molecule has 146 valence electrons. The average molecular weight is 379 g/mol. The number of nitrogens with zero attached hydrogens (tertiary/aromatic N) is 1. The van der Waals surface area contributed by atoms with E-state index in [1.807, 2.05) is 6.07 Å². The van der Waals surface area contributed by atoms with Crippen LogP contribution in [0, 0.1) is 5.82 Å². The highest BCUT2D eigenvalue weighted by Crippen LogP contribution is 2.30. The summed E-state index contributed by atoms with van der Waals surface area (Å²) >= 11 is 0. The molecule has 0 saturated carbocycles. The fourth-order valence-electron chi connectivity index (χ4n) is 4.07. The Hall–Kier alpha value is -2.66. The number of fused-ring (bicyclic) bond motifs is 1. The van der Waals surface area contributed by atoms with E-state index >= 15 is 0 Å². The van der Waals surface area contributed by atoms with Gasteiger partial charge in [-0.3, -0.25) is 4.79 Å². The third-order valence-corrected chi connectivity index (χ3v) is 5.59. The number of piperidine rings is 1. The number of amides is 1. The van der Waals surface area contributed by atoms with Gasteiger partial charge in [0.15, 0.2) is 0 Å². The number of hydrogen-bond acceptors (Lipinski definition) is 2. The van der Waals surface area contributed by atoms with Crippen LogP contribution in [0.1, 0.15) is 48.2 Å².